The Morgan fingerprint density at radius 1 is 1.13 bits per heavy atom. The van der Waals surface area contributed by atoms with Gasteiger partial charge in [-0.2, -0.15) is 0 Å². The van der Waals surface area contributed by atoms with Gasteiger partial charge in [-0.25, -0.2) is 13.1 Å². The molecule has 0 aliphatic carbocycles. The second kappa shape index (κ2) is 9.54. The molecule has 3 aromatic rings. The first-order chi connectivity index (χ1) is 14.7. The first-order valence-electron chi connectivity index (χ1n) is 9.62. The molecule has 0 unspecified atom stereocenters. The van der Waals surface area contributed by atoms with E-state index in [2.05, 4.69) is 20.2 Å². The van der Waals surface area contributed by atoms with Crippen LogP contribution in [0.3, 0.4) is 0 Å². The normalized spacial score (nSPS) is 12.4. The monoisotopic (exact) mass is 460 g/mol. The van der Waals surface area contributed by atoms with Crippen LogP contribution in [0.25, 0.3) is 0 Å². The fourth-order valence-corrected chi connectivity index (χ4v) is 5.21. The summed E-state index contributed by atoms with van der Waals surface area (Å²) in [5, 5.41) is 10.3. The van der Waals surface area contributed by atoms with Gasteiger partial charge in [0, 0.05) is 11.6 Å². The van der Waals surface area contributed by atoms with E-state index in [0.29, 0.717) is 12.0 Å². The van der Waals surface area contributed by atoms with Gasteiger partial charge in [-0.3, -0.25) is 10.1 Å². The van der Waals surface area contributed by atoms with Crippen molar-refractivity contribution in [1.29, 1.82) is 0 Å². The molecule has 2 aromatic carbocycles. The van der Waals surface area contributed by atoms with Crippen molar-refractivity contribution in [3.63, 3.8) is 0 Å². The van der Waals surface area contributed by atoms with Crippen LogP contribution in [0.5, 0.6) is 5.75 Å². The largest absolute Gasteiger partial charge is 0.496 e. The number of anilines is 1. The number of sulfonamides is 1. The molecule has 3 rings (SSSR count). The van der Waals surface area contributed by atoms with Crippen LogP contribution in [0.2, 0.25) is 0 Å². The number of methoxy groups -OCH3 is 1. The van der Waals surface area contributed by atoms with Crippen molar-refractivity contribution in [3.05, 3.63) is 64.7 Å². The summed E-state index contributed by atoms with van der Waals surface area (Å²) in [5.74, 6) is 0.354. The number of benzene rings is 2. The average molecular weight is 461 g/mol. The quantitative estimate of drug-likeness (QED) is 0.494. The highest BCUT2D eigenvalue weighted by atomic mass is 32.2. The third-order valence-corrected chi connectivity index (χ3v) is 7.38. The van der Waals surface area contributed by atoms with Gasteiger partial charge in [0.2, 0.25) is 9.47 Å². The van der Waals surface area contributed by atoms with Crippen LogP contribution in [0.4, 0.5) is 5.13 Å². The minimum absolute atomic E-state index is 0.110. The predicted molar refractivity (Wildman–Crippen MR) is 120 cm³/mol. The summed E-state index contributed by atoms with van der Waals surface area (Å²) in [7, 11) is -2.33. The van der Waals surface area contributed by atoms with Crippen molar-refractivity contribution in [3.8, 4) is 5.75 Å². The number of nitrogens with one attached hydrogen (secondary N) is 2. The lowest BCUT2D eigenvalue weighted by Crippen LogP contribution is -2.28. The fourth-order valence-electron chi connectivity index (χ4n) is 2.99. The lowest BCUT2D eigenvalue weighted by Gasteiger charge is -2.17. The molecule has 164 valence electrons. The van der Waals surface area contributed by atoms with Gasteiger partial charge >= 0.3 is 0 Å². The maximum atomic E-state index is 12.8. The molecule has 1 atom stereocenters. The Labute approximate surface area is 185 Å². The number of amides is 1. The van der Waals surface area contributed by atoms with Gasteiger partial charge in [0.15, 0.2) is 0 Å². The molecule has 0 bridgehead atoms. The van der Waals surface area contributed by atoms with E-state index < -0.39 is 16.1 Å². The van der Waals surface area contributed by atoms with E-state index in [-0.39, 0.29) is 15.4 Å². The molecule has 2 N–H and O–H groups in total. The summed E-state index contributed by atoms with van der Waals surface area (Å²) in [5.41, 5.74) is 3.21. The molecule has 0 fully saturated rings. The summed E-state index contributed by atoms with van der Waals surface area (Å²) in [6.45, 7) is 5.71. The molecular formula is C21H24N4O4S2. The maximum Gasteiger partial charge on any atom is 0.270 e. The van der Waals surface area contributed by atoms with Crippen LogP contribution in [-0.4, -0.2) is 31.6 Å². The van der Waals surface area contributed by atoms with Crippen molar-refractivity contribution < 1.29 is 17.9 Å². The summed E-state index contributed by atoms with van der Waals surface area (Å²) in [6, 6.07) is 12.1. The van der Waals surface area contributed by atoms with Gasteiger partial charge in [-0.1, -0.05) is 48.1 Å². The smallest absolute Gasteiger partial charge is 0.270 e. The van der Waals surface area contributed by atoms with Gasteiger partial charge in [0.1, 0.15) is 5.75 Å². The Kier molecular flexibility index (Phi) is 7.04. The van der Waals surface area contributed by atoms with E-state index in [0.717, 1.165) is 33.8 Å². The first kappa shape index (κ1) is 22.9. The molecule has 1 amide bonds. The molecule has 0 saturated heterocycles. The molecule has 0 spiro atoms. The summed E-state index contributed by atoms with van der Waals surface area (Å²) in [6.07, 6.45) is 0.542. The zero-order valence-corrected chi connectivity index (χ0v) is 19.3. The molecule has 0 saturated carbocycles. The van der Waals surface area contributed by atoms with Crippen molar-refractivity contribution in [2.75, 3.05) is 12.4 Å². The third kappa shape index (κ3) is 5.46. The number of rotatable bonds is 8. The Hall–Kier alpha value is -2.82. The SMILES string of the molecule is CC[C@H](NS(=O)(=O)c1nnc(NC(=O)c2ccc(C)cc2)s1)c1ccc(OC)c(C)c1. The molecule has 1 aromatic heterocycles. The fraction of sp³-hybridized carbons (Fsp3) is 0.286. The number of carbonyl (C=O) groups is 1. The summed E-state index contributed by atoms with van der Waals surface area (Å²) >= 11 is 0.798. The van der Waals surface area contributed by atoms with E-state index in [1.165, 1.54) is 0 Å². The van der Waals surface area contributed by atoms with Crippen molar-refractivity contribution in [2.45, 2.75) is 37.6 Å². The minimum atomic E-state index is -3.92. The Bertz CT molecular complexity index is 1170. The molecule has 0 aliphatic rings. The van der Waals surface area contributed by atoms with Gasteiger partial charge < -0.3 is 4.74 Å². The Balaban J connectivity index is 1.74. The van der Waals surface area contributed by atoms with Gasteiger partial charge in [-0.05, 0) is 49.6 Å². The molecule has 8 nitrogen and oxygen atoms in total. The van der Waals surface area contributed by atoms with E-state index in [1.54, 1.807) is 19.2 Å². The van der Waals surface area contributed by atoms with Gasteiger partial charge in [-0.15, -0.1) is 10.2 Å². The molecular weight excluding hydrogens is 436 g/mol. The average Bonchev–Trinajstić information content (AvgIpc) is 3.22. The van der Waals surface area contributed by atoms with Gasteiger partial charge in [0.05, 0.1) is 7.11 Å². The number of hydrogen-bond donors (Lipinski definition) is 2. The standard InChI is InChI=1S/C21H24N4O4S2/c1-5-17(16-10-11-18(29-4)14(3)12-16)25-31(27,28)21-24-23-20(30-21)22-19(26)15-8-6-13(2)7-9-15/h6-12,17,25H,5H2,1-4H3,(H,22,23,26)/t17-/m0/s1. The summed E-state index contributed by atoms with van der Waals surface area (Å²) < 4.78 is 33.4. The van der Waals surface area contributed by atoms with Crippen LogP contribution in [0.15, 0.2) is 46.8 Å². The lowest BCUT2D eigenvalue weighted by molar-refractivity contribution is 0.102. The molecule has 0 aliphatic heterocycles. The topological polar surface area (TPSA) is 110 Å². The molecule has 1 heterocycles. The highest BCUT2D eigenvalue weighted by molar-refractivity contribution is 7.91. The maximum absolute atomic E-state index is 12.8. The van der Waals surface area contributed by atoms with Crippen molar-refractivity contribution in [2.24, 2.45) is 0 Å². The Morgan fingerprint density at radius 3 is 2.45 bits per heavy atom. The van der Waals surface area contributed by atoms with E-state index in [4.69, 9.17) is 4.74 Å². The molecule has 31 heavy (non-hydrogen) atoms. The van der Waals surface area contributed by atoms with Gasteiger partial charge in [0.25, 0.3) is 15.9 Å². The third-order valence-electron chi connectivity index (χ3n) is 4.70. The van der Waals surface area contributed by atoms with E-state index in [9.17, 15) is 13.2 Å². The predicted octanol–water partition coefficient (Wildman–Crippen LogP) is 3.85. The van der Waals surface area contributed by atoms with Crippen LogP contribution in [0.1, 0.15) is 46.4 Å². The van der Waals surface area contributed by atoms with E-state index >= 15 is 0 Å². The zero-order chi connectivity index (χ0) is 22.6. The van der Waals surface area contributed by atoms with Crippen LogP contribution in [-0.2, 0) is 10.0 Å². The number of nitrogens with zero attached hydrogens (tertiary/aromatic N) is 2. The van der Waals surface area contributed by atoms with E-state index in [1.807, 2.05) is 51.1 Å². The highest BCUT2D eigenvalue weighted by Crippen LogP contribution is 2.27. The number of carbonyl (C=O) groups excluding carboxylic acids is 1. The molecule has 10 heteroatoms. The highest BCUT2D eigenvalue weighted by Gasteiger charge is 2.25. The molecule has 0 radical (unpaired) electrons. The second-order valence-electron chi connectivity index (χ2n) is 7.00. The van der Waals surface area contributed by atoms with Crippen LogP contribution < -0.4 is 14.8 Å². The van der Waals surface area contributed by atoms with Crippen molar-refractivity contribution >= 4 is 32.4 Å². The first-order valence-corrected chi connectivity index (χ1v) is 11.9. The van der Waals surface area contributed by atoms with Crippen molar-refractivity contribution in [1.82, 2.24) is 14.9 Å². The van der Waals surface area contributed by atoms with Crippen LogP contribution in [0, 0.1) is 13.8 Å². The number of ether oxygens (including phenoxy) is 1. The number of aromatic nitrogens is 2. The Morgan fingerprint density at radius 2 is 1.84 bits per heavy atom. The summed E-state index contributed by atoms with van der Waals surface area (Å²) in [4.78, 5) is 12.3. The van der Waals surface area contributed by atoms with Crippen LogP contribution >= 0.6 is 11.3 Å². The number of aryl methyl sites for hydroxylation is 2. The number of hydrogen-bond acceptors (Lipinski definition) is 7. The lowest BCUT2D eigenvalue weighted by atomic mass is 10.0. The minimum Gasteiger partial charge on any atom is -0.496 e. The second-order valence-corrected chi connectivity index (χ2v) is 9.87. The zero-order valence-electron chi connectivity index (χ0n) is 17.7.